The van der Waals surface area contributed by atoms with Crippen molar-refractivity contribution < 1.29 is 14.3 Å². The summed E-state index contributed by atoms with van der Waals surface area (Å²) in [5.41, 5.74) is 0.899. The number of benzene rings is 1. The number of hydrogen-bond acceptors (Lipinski definition) is 5. The number of nitrogens with zero attached hydrogens (tertiary/aromatic N) is 2. The Hall–Kier alpha value is -2.58. The molecule has 0 spiro atoms. The van der Waals surface area contributed by atoms with E-state index in [9.17, 15) is 9.59 Å². The molecule has 8 nitrogen and oxygen atoms in total. The molecule has 2 aliphatic heterocycles. The van der Waals surface area contributed by atoms with E-state index in [1.165, 1.54) is 0 Å². The smallest absolute Gasteiger partial charge is 0.265 e. The number of amides is 2. The SMILES string of the molecule is CCC1Oc2cc(C(C)NC(=O)C3(n4cccn4)CCNCC3)ccc2NC1=O.Cl. The number of carbonyl (C=O) groups is 2. The highest BCUT2D eigenvalue weighted by Gasteiger charge is 2.42. The molecule has 30 heavy (non-hydrogen) atoms. The first kappa shape index (κ1) is 22.1. The van der Waals surface area contributed by atoms with Crippen molar-refractivity contribution in [1.29, 1.82) is 0 Å². The van der Waals surface area contributed by atoms with Crippen molar-refractivity contribution in [3.8, 4) is 5.75 Å². The molecule has 4 rings (SSSR count). The Kier molecular flexibility index (Phi) is 6.67. The minimum absolute atomic E-state index is 0. The fourth-order valence-electron chi connectivity index (χ4n) is 4.03. The summed E-state index contributed by atoms with van der Waals surface area (Å²) < 4.78 is 7.62. The lowest BCUT2D eigenvalue weighted by Gasteiger charge is -2.37. The van der Waals surface area contributed by atoms with E-state index in [1.54, 1.807) is 10.9 Å². The van der Waals surface area contributed by atoms with Crippen LogP contribution in [0.15, 0.2) is 36.7 Å². The summed E-state index contributed by atoms with van der Waals surface area (Å²) in [5.74, 6) is 0.480. The van der Waals surface area contributed by atoms with Crippen molar-refractivity contribution in [3.05, 3.63) is 42.2 Å². The number of hydrogen-bond donors (Lipinski definition) is 3. The van der Waals surface area contributed by atoms with Crippen LogP contribution in [0, 0.1) is 0 Å². The van der Waals surface area contributed by atoms with Crippen LogP contribution in [0.5, 0.6) is 5.75 Å². The zero-order valence-corrected chi connectivity index (χ0v) is 18.0. The highest BCUT2D eigenvalue weighted by Crippen LogP contribution is 2.34. The predicted octanol–water partition coefficient (Wildman–Crippen LogP) is 2.37. The van der Waals surface area contributed by atoms with E-state index < -0.39 is 11.6 Å². The van der Waals surface area contributed by atoms with Crippen LogP contribution in [0.1, 0.15) is 44.7 Å². The number of carbonyl (C=O) groups excluding carboxylic acids is 2. The molecule has 0 saturated carbocycles. The Bertz CT molecular complexity index is 896. The molecule has 0 bridgehead atoms. The lowest BCUT2D eigenvalue weighted by Crippen LogP contribution is -2.55. The highest BCUT2D eigenvalue weighted by atomic mass is 35.5. The second-order valence-electron chi connectivity index (χ2n) is 7.69. The number of fused-ring (bicyclic) bond motifs is 1. The van der Waals surface area contributed by atoms with Crippen molar-refractivity contribution in [1.82, 2.24) is 20.4 Å². The second-order valence-corrected chi connectivity index (χ2v) is 7.69. The third kappa shape index (κ3) is 4.02. The van der Waals surface area contributed by atoms with Crippen LogP contribution in [-0.4, -0.2) is 40.8 Å². The summed E-state index contributed by atoms with van der Waals surface area (Å²) in [4.78, 5) is 25.3. The normalized spacial score (nSPS) is 20.7. The van der Waals surface area contributed by atoms with Crippen LogP contribution in [0.25, 0.3) is 0 Å². The summed E-state index contributed by atoms with van der Waals surface area (Å²) >= 11 is 0. The number of rotatable bonds is 5. The van der Waals surface area contributed by atoms with E-state index in [0.717, 1.165) is 18.7 Å². The molecular weight excluding hydrogens is 406 g/mol. The van der Waals surface area contributed by atoms with E-state index in [0.29, 0.717) is 30.7 Å². The van der Waals surface area contributed by atoms with Gasteiger partial charge in [-0.15, -0.1) is 12.4 Å². The van der Waals surface area contributed by atoms with E-state index in [1.807, 2.05) is 44.3 Å². The maximum absolute atomic E-state index is 13.3. The first-order valence-electron chi connectivity index (χ1n) is 10.2. The standard InChI is InChI=1S/C21H27N5O3.ClH/c1-3-17-19(27)25-16-6-5-15(13-18(16)29-17)14(2)24-20(28)21(7-10-22-11-8-21)26-12-4-9-23-26;/h4-6,9,12-14,17,22H,3,7-8,10-11H2,1-2H3,(H,24,28)(H,25,27);1H. The molecule has 2 unspecified atom stereocenters. The van der Waals surface area contributed by atoms with Crippen molar-refractivity contribution in [2.75, 3.05) is 18.4 Å². The van der Waals surface area contributed by atoms with Gasteiger partial charge in [-0.05, 0) is 63.0 Å². The summed E-state index contributed by atoms with van der Waals surface area (Å²) in [5, 5.41) is 13.7. The van der Waals surface area contributed by atoms with Gasteiger partial charge >= 0.3 is 0 Å². The van der Waals surface area contributed by atoms with Crippen LogP contribution in [-0.2, 0) is 15.1 Å². The zero-order chi connectivity index (χ0) is 20.4. The van der Waals surface area contributed by atoms with E-state index in [-0.39, 0.29) is 30.3 Å². The molecule has 2 aliphatic rings. The van der Waals surface area contributed by atoms with Crippen molar-refractivity contribution in [3.63, 3.8) is 0 Å². The Morgan fingerprint density at radius 1 is 1.40 bits per heavy atom. The Labute approximate surface area is 182 Å². The molecular formula is C21H28ClN5O3. The van der Waals surface area contributed by atoms with Crippen molar-refractivity contribution in [2.45, 2.75) is 50.8 Å². The van der Waals surface area contributed by atoms with Gasteiger partial charge in [-0.2, -0.15) is 5.10 Å². The maximum Gasteiger partial charge on any atom is 0.265 e. The van der Waals surface area contributed by atoms with Gasteiger partial charge in [0.1, 0.15) is 11.3 Å². The first-order chi connectivity index (χ1) is 14.0. The fourth-order valence-corrected chi connectivity index (χ4v) is 4.03. The summed E-state index contributed by atoms with van der Waals surface area (Å²) in [6.45, 7) is 5.41. The average Bonchev–Trinajstić information content (AvgIpc) is 3.28. The fraction of sp³-hybridized carbons (Fsp3) is 0.476. The molecule has 2 aromatic rings. The Balaban J connectivity index is 0.00000256. The van der Waals surface area contributed by atoms with Gasteiger partial charge in [0.2, 0.25) is 5.91 Å². The van der Waals surface area contributed by atoms with Gasteiger partial charge in [-0.1, -0.05) is 13.0 Å². The maximum atomic E-state index is 13.3. The topological polar surface area (TPSA) is 97.3 Å². The Morgan fingerprint density at radius 3 is 2.83 bits per heavy atom. The molecule has 9 heteroatoms. The Morgan fingerprint density at radius 2 is 2.17 bits per heavy atom. The van der Waals surface area contributed by atoms with Crippen LogP contribution >= 0.6 is 12.4 Å². The lowest BCUT2D eigenvalue weighted by molar-refractivity contribution is -0.132. The summed E-state index contributed by atoms with van der Waals surface area (Å²) in [7, 11) is 0. The van der Waals surface area contributed by atoms with Crippen LogP contribution in [0.2, 0.25) is 0 Å². The molecule has 3 N–H and O–H groups in total. The van der Waals surface area contributed by atoms with Crippen LogP contribution < -0.4 is 20.7 Å². The molecule has 0 radical (unpaired) electrons. The van der Waals surface area contributed by atoms with Gasteiger partial charge in [-0.3, -0.25) is 14.3 Å². The summed E-state index contributed by atoms with van der Waals surface area (Å²) in [6, 6.07) is 7.26. The van der Waals surface area contributed by atoms with Gasteiger partial charge < -0.3 is 20.7 Å². The van der Waals surface area contributed by atoms with Crippen molar-refractivity contribution in [2.24, 2.45) is 0 Å². The van der Waals surface area contributed by atoms with Gasteiger partial charge in [-0.25, -0.2) is 0 Å². The number of halogens is 1. The molecule has 1 aromatic heterocycles. The minimum atomic E-state index is -0.686. The molecule has 1 fully saturated rings. The second kappa shape index (κ2) is 9.06. The van der Waals surface area contributed by atoms with Gasteiger partial charge in [0.15, 0.2) is 6.10 Å². The number of anilines is 1. The largest absolute Gasteiger partial charge is 0.478 e. The number of piperidine rings is 1. The lowest BCUT2D eigenvalue weighted by atomic mass is 9.87. The molecule has 162 valence electrons. The average molecular weight is 434 g/mol. The number of nitrogens with one attached hydrogen (secondary N) is 3. The molecule has 0 aliphatic carbocycles. The summed E-state index contributed by atoms with van der Waals surface area (Å²) in [6.07, 6.45) is 5.05. The molecule has 2 atom stereocenters. The predicted molar refractivity (Wildman–Crippen MR) is 116 cm³/mol. The molecule has 1 aromatic carbocycles. The van der Waals surface area contributed by atoms with Crippen LogP contribution in [0.4, 0.5) is 5.69 Å². The third-order valence-electron chi connectivity index (χ3n) is 5.84. The van der Waals surface area contributed by atoms with E-state index in [4.69, 9.17) is 4.74 Å². The zero-order valence-electron chi connectivity index (χ0n) is 17.2. The van der Waals surface area contributed by atoms with Gasteiger partial charge in [0.25, 0.3) is 5.91 Å². The molecule has 2 amide bonds. The first-order valence-corrected chi connectivity index (χ1v) is 10.2. The monoisotopic (exact) mass is 433 g/mol. The van der Waals surface area contributed by atoms with Gasteiger partial charge in [0.05, 0.1) is 11.7 Å². The molecule has 3 heterocycles. The van der Waals surface area contributed by atoms with Crippen LogP contribution in [0.3, 0.4) is 0 Å². The highest BCUT2D eigenvalue weighted by molar-refractivity contribution is 5.97. The van der Waals surface area contributed by atoms with E-state index in [2.05, 4.69) is 21.0 Å². The minimum Gasteiger partial charge on any atom is -0.478 e. The van der Waals surface area contributed by atoms with Gasteiger partial charge in [0, 0.05) is 12.4 Å². The number of aromatic nitrogens is 2. The van der Waals surface area contributed by atoms with Crippen molar-refractivity contribution >= 4 is 29.9 Å². The molecule has 1 saturated heterocycles. The van der Waals surface area contributed by atoms with E-state index >= 15 is 0 Å². The quantitative estimate of drug-likeness (QED) is 0.672. The third-order valence-corrected chi connectivity index (χ3v) is 5.84. The number of ether oxygens (including phenoxy) is 1.